The molecule has 0 fully saturated rings. The van der Waals surface area contributed by atoms with Crippen LogP contribution >= 0.6 is 0 Å². The first-order valence-corrected chi connectivity index (χ1v) is 4.47. The van der Waals surface area contributed by atoms with Gasteiger partial charge in [-0.25, -0.2) is 0 Å². The lowest BCUT2D eigenvalue weighted by Crippen LogP contribution is -2.06. The Morgan fingerprint density at radius 2 is 2.25 bits per heavy atom. The number of halogens is 2. The Bertz CT molecular complexity index is 388. The largest absolute Gasteiger partial charge is 0.497 e. The predicted molar refractivity (Wildman–Crippen MR) is 56.9 cm³/mol. The maximum atomic E-state index is 12.1. The lowest BCUT2D eigenvalue weighted by atomic mass is 10.2. The molecule has 16 heavy (non-hydrogen) atoms. The van der Waals surface area contributed by atoms with Crippen LogP contribution in [0, 0.1) is 12.3 Å². The molecule has 0 aliphatic heterocycles. The molecule has 0 radical (unpaired) electrons. The highest BCUT2D eigenvalue weighted by atomic mass is 19.3. The van der Waals surface area contributed by atoms with Crippen LogP contribution in [-0.4, -0.2) is 20.3 Å². The molecule has 0 saturated heterocycles. The van der Waals surface area contributed by atoms with Crippen LogP contribution < -0.4 is 14.8 Å². The summed E-state index contributed by atoms with van der Waals surface area (Å²) in [6, 6.07) is 4.46. The lowest BCUT2D eigenvalue weighted by molar-refractivity contribution is -0.0493. The highest BCUT2D eigenvalue weighted by molar-refractivity contribution is 5.60. The van der Waals surface area contributed by atoms with Crippen molar-refractivity contribution in [3.05, 3.63) is 18.2 Å². The SMILES string of the molecule is C#CCNc1cc(OC)ccc1OC(F)F. The number of methoxy groups -OCH3 is 1. The number of alkyl halides is 2. The van der Waals surface area contributed by atoms with E-state index in [4.69, 9.17) is 11.2 Å². The summed E-state index contributed by atoms with van der Waals surface area (Å²) >= 11 is 0. The van der Waals surface area contributed by atoms with Crippen molar-refractivity contribution in [2.75, 3.05) is 19.0 Å². The quantitative estimate of drug-likeness (QED) is 0.783. The fraction of sp³-hybridized carbons (Fsp3) is 0.273. The topological polar surface area (TPSA) is 30.5 Å². The zero-order valence-electron chi connectivity index (χ0n) is 8.67. The molecule has 0 aliphatic carbocycles. The highest BCUT2D eigenvalue weighted by Gasteiger charge is 2.10. The highest BCUT2D eigenvalue weighted by Crippen LogP contribution is 2.30. The van der Waals surface area contributed by atoms with Gasteiger partial charge in [0.2, 0.25) is 0 Å². The van der Waals surface area contributed by atoms with Crippen molar-refractivity contribution in [2.24, 2.45) is 0 Å². The van der Waals surface area contributed by atoms with Gasteiger partial charge >= 0.3 is 6.61 Å². The number of nitrogens with one attached hydrogen (secondary N) is 1. The average molecular weight is 227 g/mol. The third-order valence-corrected chi connectivity index (χ3v) is 1.78. The molecule has 0 heterocycles. The van der Waals surface area contributed by atoms with Crippen molar-refractivity contribution in [1.82, 2.24) is 0 Å². The Balaban J connectivity index is 2.92. The number of anilines is 1. The van der Waals surface area contributed by atoms with Gasteiger partial charge in [0, 0.05) is 6.07 Å². The van der Waals surface area contributed by atoms with Crippen LogP contribution in [0.15, 0.2) is 18.2 Å². The normalized spacial score (nSPS) is 9.69. The van der Waals surface area contributed by atoms with E-state index in [1.165, 1.54) is 25.3 Å². The van der Waals surface area contributed by atoms with Gasteiger partial charge in [0.25, 0.3) is 0 Å². The summed E-state index contributed by atoms with van der Waals surface area (Å²) in [6.45, 7) is -2.66. The minimum absolute atomic E-state index is 0.0334. The molecule has 0 unspecified atom stereocenters. The third kappa shape index (κ3) is 3.31. The van der Waals surface area contributed by atoms with Crippen LogP contribution in [0.2, 0.25) is 0 Å². The Hall–Kier alpha value is -1.96. The van der Waals surface area contributed by atoms with Crippen molar-refractivity contribution >= 4 is 5.69 Å². The fourth-order valence-electron chi connectivity index (χ4n) is 1.12. The summed E-state index contributed by atoms with van der Waals surface area (Å²) in [5, 5.41) is 2.77. The molecule has 3 nitrogen and oxygen atoms in total. The second kappa shape index (κ2) is 5.81. The third-order valence-electron chi connectivity index (χ3n) is 1.78. The molecule has 1 aromatic rings. The first-order chi connectivity index (χ1) is 7.67. The summed E-state index contributed by atoms with van der Waals surface area (Å²) in [5.74, 6) is 2.90. The van der Waals surface area contributed by atoms with Crippen LogP contribution in [0.4, 0.5) is 14.5 Å². The molecule has 0 spiro atoms. The van der Waals surface area contributed by atoms with Crippen LogP contribution in [-0.2, 0) is 0 Å². The lowest BCUT2D eigenvalue weighted by Gasteiger charge is -2.12. The maximum absolute atomic E-state index is 12.1. The van der Waals surface area contributed by atoms with Crippen molar-refractivity contribution in [3.8, 4) is 23.8 Å². The average Bonchev–Trinajstić information content (AvgIpc) is 2.27. The molecule has 0 atom stereocenters. The van der Waals surface area contributed by atoms with Crippen molar-refractivity contribution in [3.63, 3.8) is 0 Å². The fourth-order valence-corrected chi connectivity index (χ4v) is 1.12. The second-order valence-electron chi connectivity index (χ2n) is 2.80. The smallest absolute Gasteiger partial charge is 0.387 e. The van der Waals surface area contributed by atoms with Crippen molar-refractivity contribution in [2.45, 2.75) is 6.61 Å². The van der Waals surface area contributed by atoms with Crippen molar-refractivity contribution in [1.29, 1.82) is 0 Å². The van der Waals surface area contributed by atoms with Gasteiger partial charge in [0.1, 0.15) is 11.5 Å². The van der Waals surface area contributed by atoms with E-state index in [1.54, 1.807) is 0 Å². The molecule has 0 saturated carbocycles. The van der Waals surface area contributed by atoms with Gasteiger partial charge < -0.3 is 14.8 Å². The summed E-state index contributed by atoms with van der Waals surface area (Å²) < 4.78 is 33.4. The first kappa shape index (κ1) is 12.1. The van der Waals surface area contributed by atoms with E-state index in [1.807, 2.05) is 0 Å². The molecular formula is C11H11F2NO2. The summed E-state index contributed by atoms with van der Waals surface area (Å²) in [6.07, 6.45) is 5.07. The number of hydrogen-bond donors (Lipinski definition) is 1. The molecule has 0 aliphatic rings. The van der Waals surface area contributed by atoms with E-state index in [9.17, 15) is 8.78 Å². The Kier molecular flexibility index (Phi) is 4.40. The number of hydrogen-bond acceptors (Lipinski definition) is 3. The van der Waals surface area contributed by atoms with Gasteiger partial charge in [-0.05, 0) is 12.1 Å². The molecule has 0 amide bonds. The number of ether oxygens (including phenoxy) is 2. The van der Waals surface area contributed by atoms with Gasteiger partial charge in [0.05, 0.1) is 19.3 Å². The molecule has 1 aromatic carbocycles. The zero-order chi connectivity index (χ0) is 12.0. The molecule has 0 bridgehead atoms. The minimum atomic E-state index is -2.88. The molecule has 86 valence electrons. The number of benzene rings is 1. The van der Waals surface area contributed by atoms with Gasteiger partial charge in [-0.15, -0.1) is 6.42 Å². The van der Waals surface area contributed by atoms with E-state index >= 15 is 0 Å². The van der Waals surface area contributed by atoms with Gasteiger partial charge in [-0.1, -0.05) is 5.92 Å². The van der Waals surface area contributed by atoms with E-state index in [0.717, 1.165) is 0 Å². The first-order valence-electron chi connectivity index (χ1n) is 4.47. The zero-order valence-corrected chi connectivity index (χ0v) is 8.67. The van der Waals surface area contributed by atoms with E-state index in [-0.39, 0.29) is 12.3 Å². The van der Waals surface area contributed by atoms with Gasteiger partial charge in [-0.3, -0.25) is 0 Å². The molecular weight excluding hydrogens is 216 g/mol. The van der Waals surface area contributed by atoms with E-state index in [0.29, 0.717) is 11.4 Å². The monoisotopic (exact) mass is 227 g/mol. The van der Waals surface area contributed by atoms with Crippen molar-refractivity contribution < 1.29 is 18.3 Å². The molecule has 0 aromatic heterocycles. The Morgan fingerprint density at radius 3 is 2.81 bits per heavy atom. The minimum Gasteiger partial charge on any atom is -0.497 e. The van der Waals surface area contributed by atoms with E-state index in [2.05, 4.69) is 16.0 Å². The number of terminal acetylenes is 1. The van der Waals surface area contributed by atoms with Crippen LogP contribution in [0.25, 0.3) is 0 Å². The summed E-state index contributed by atoms with van der Waals surface area (Å²) in [4.78, 5) is 0. The van der Waals surface area contributed by atoms with Crippen LogP contribution in [0.5, 0.6) is 11.5 Å². The van der Waals surface area contributed by atoms with Gasteiger partial charge in [-0.2, -0.15) is 8.78 Å². The van der Waals surface area contributed by atoms with Crippen LogP contribution in [0.1, 0.15) is 0 Å². The summed E-state index contributed by atoms with van der Waals surface area (Å²) in [7, 11) is 1.48. The number of rotatable bonds is 5. The van der Waals surface area contributed by atoms with E-state index < -0.39 is 6.61 Å². The maximum Gasteiger partial charge on any atom is 0.387 e. The Morgan fingerprint density at radius 1 is 1.50 bits per heavy atom. The van der Waals surface area contributed by atoms with Gasteiger partial charge in [0.15, 0.2) is 0 Å². The Labute approximate surface area is 92.4 Å². The standard InChI is InChI=1S/C11H11F2NO2/c1-3-6-14-9-7-8(15-2)4-5-10(9)16-11(12)13/h1,4-5,7,11,14H,6H2,2H3. The molecule has 1 rings (SSSR count). The summed E-state index contributed by atoms with van der Waals surface area (Å²) in [5.41, 5.74) is 0.373. The van der Waals surface area contributed by atoms with Crippen LogP contribution in [0.3, 0.4) is 0 Å². The second-order valence-corrected chi connectivity index (χ2v) is 2.80. The predicted octanol–water partition coefficient (Wildman–Crippen LogP) is 2.34. The molecule has 5 heteroatoms. The molecule has 1 N–H and O–H groups in total.